The lowest BCUT2D eigenvalue weighted by molar-refractivity contribution is -0.207. The third-order valence-electron chi connectivity index (χ3n) is 10.1. The van der Waals surface area contributed by atoms with Crippen molar-refractivity contribution in [2.45, 2.75) is 111 Å². The Morgan fingerprint density at radius 3 is 2.20 bits per heavy atom. The standard InChI is InChI=1S/C38H61O12P/c1-13-47-51(41,48-14-2)28(9)33(40)24(5)17-23(4)31-18-29-32(38(46-21-43-11)37(44-12)27(8)35(29)50-31)36-26(7)34(45-20-42-10)25(6)30(49-36)16-15-22(3)19-39/h18-19,22-26,28,30,34,36H,13-17,20-21H2,1-12H3/t22-,23-,24-,25-,26+,28?,30+,34-,36+/m0/s1. The summed E-state index contributed by atoms with van der Waals surface area (Å²) < 4.78 is 67.2. The zero-order valence-electron chi connectivity index (χ0n) is 32.6. The molecule has 0 bridgehead atoms. The van der Waals surface area contributed by atoms with Crippen molar-refractivity contribution in [2.75, 3.05) is 48.1 Å². The lowest BCUT2D eigenvalue weighted by Gasteiger charge is -2.45. The molecule has 3 rings (SSSR count). The first-order valence-corrected chi connectivity index (χ1v) is 19.7. The number of hydrogen-bond acceptors (Lipinski definition) is 12. The van der Waals surface area contributed by atoms with Gasteiger partial charge in [0, 0.05) is 60.3 Å². The smallest absolute Gasteiger partial charge is 0.340 e. The van der Waals surface area contributed by atoms with Crippen molar-refractivity contribution in [2.24, 2.45) is 23.7 Å². The molecule has 0 N–H and O–H groups in total. The molecule has 0 amide bonds. The van der Waals surface area contributed by atoms with Crippen LogP contribution in [0, 0.1) is 30.6 Å². The van der Waals surface area contributed by atoms with E-state index in [4.69, 9.17) is 41.9 Å². The Hall–Kier alpha value is -2.31. The second-order valence-electron chi connectivity index (χ2n) is 13.9. The summed E-state index contributed by atoms with van der Waals surface area (Å²) in [7, 11) is 1.13. The number of methoxy groups -OCH3 is 3. The molecule has 0 saturated carbocycles. The van der Waals surface area contributed by atoms with Crippen LogP contribution in [0.15, 0.2) is 10.5 Å². The van der Waals surface area contributed by atoms with Gasteiger partial charge >= 0.3 is 7.60 Å². The highest BCUT2D eigenvalue weighted by molar-refractivity contribution is 7.55. The van der Waals surface area contributed by atoms with Crippen molar-refractivity contribution in [3.63, 3.8) is 0 Å². The summed E-state index contributed by atoms with van der Waals surface area (Å²) in [5, 5.41) is 0.794. The predicted octanol–water partition coefficient (Wildman–Crippen LogP) is 8.40. The first kappa shape index (κ1) is 43.1. The molecule has 1 unspecified atom stereocenters. The van der Waals surface area contributed by atoms with E-state index >= 15 is 0 Å². The highest BCUT2D eigenvalue weighted by Crippen LogP contribution is 2.55. The summed E-state index contributed by atoms with van der Waals surface area (Å²) in [6.45, 7) is 17.4. The Kier molecular flexibility index (Phi) is 16.6. The molecule has 9 atom stereocenters. The Bertz CT molecular complexity index is 1460. The Balaban J connectivity index is 2.13. The first-order chi connectivity index (χ1) is 24.2. The van der Waals surface area contributed by atoms with Crippen LogP contribution in [0.2, 0.25) is 0 Å². The number of rotatable bonds is 22. The fourth-order valence-corrected chi connectivity index (χ4v) is 9.10. The van der Waals surface area contributed by atoms with E-state index in [0.717, 1.165) is 22.8 Å². The Labute approximate surface area is 304 Å². The maximum absolute atomic E-state index is 13.6. The number of Topliss-reactive ketones (excluding diaryl/α,β-unsaturated/α-hetero) is 1. The van der Waals surface area contributed by atoms with Crippen molar-refractivity contribution >= 4 is 30.6 Å². The average Bonchev–Trinajstić information content (AvgIpc) is 3.56. The summed E-state index contributed by atoms with van der Waals surface area (Å²) in [4.78, 5) is 25.1. The summed E-state index contributed by atoms with van der Waals surface area (Å²) >= 11 is 0. The molecular formula is C38H61O12P. The molecule has 1 fully saturated rings. The third-order valence-corrected chi connectivity index (χ3v) is 12.5. The van der Waals surface area contributed by atoms with E-state index in [-0.39, 0.29) is 68.5 Å². The number of fused-ring (bicyclic) bond motifs is 1. The van der Waals surface area contributed by atoms with Crippen LogP contribution in [-0.2, 0) is 42.1 Å². The fraction of sp³-hybridized carbons (Fsp3) is 0.737. The van der Waals surface area contributed by atoms with Gasteiger partial charge in [-0.1, -0.05) is 34.6 Å². The molecule has 51 heavy (non-hydrogen) atoms. The van der Waals surface area contributed by atoms with E-state index in [0.29, 0.717) is 42.1 Å². The number of benzene rings is 1. The van der Waals surface area contributed by atoms with Crippen molar-refractivity contribution in [1.29, 1.82) is 0 Å². The van der Waals surface area contributed by atoms with Crippen LogP contribution in [0.3, 0.4) is 0 Å². The number of hydrogen-bond donors (Lipinski definition) is 0. The molecular weight excluding hydrogens is 679 g/mol. The van der Waals surface area contributed by atoms with Gasteiger partial charge < -0.3 is 46.7 Å². The molecule has 0 aliphatic carbocycles. The predicted molar refractivity (Wildman–Crippen MR) is 195 cm³/mol. The van der Waals surface area contributed by atoms with Crippen molar-refractivity contribution in [3.8, 4) is 11.5 Å². The van der Waals surface area contributed by atoms with Gasteiger partial charge in [0.1, 0.15) is 30.1 Å². The van der Waals surface area contributed by atoms with Gasteiger partial charge in [0.2, 0.25) is 0 Å². The Morgan fingerprint density at radius 2 is 1.63 bits per heavy atom. The first-order valence-electron chi connectivity index (χ1n) is 18.1. The minimum absolute atomic E-state index is 0.0125. The molecule has 1 aromatic carbocycles. The number of furan rings is 1. The second-order valence-corrected chi connectivity index (χ2v) is 16.2. The molecule has 12 nitrogen and oxygen atoms in total. The van der Waals surface area contributed by atoms with Gasteiger partial charge in [-0.15, -0.1) is 0 Å². The molecule has 1 aliphatic heterocycles. The molecule has 1 aliphatic rings. The van der Waals surface area contributed by atoms with Crippen molar-refractivity contribution in [1.82, 2.24) is 0 Å². The summed E-state index contributed by atoms with van der Waals surface area (Å²) in [5.41, 5.74) is 1.20. The van der Waals surface area contributed by atoms with E-state index in [1.165, 1.54) is 0 Å². The molecule has 0 radical (unpaired) electrons. The summed E-state index contributed by atoms with van der Waals surface area (Å²) in [6.07, 6.45) is 1.77. The number of ether oxygens (including phenoxy) is 6. The minimum Gasteiger partial charge on any atom is -0.492 e. The lowest BCUT2D eigenvalue weighted by atomic mass is 9.77. The topological polar surface area (TPSA) is 138 Å². The molecule has 2 aromatic rings. The van der Waals surface area contributed by atoms with Crippen LogP contribution in [0.4, 0.5) is 0 Å². The van der Waals surface area contributed by atoms with Crippen LogP contribution >= 0.6 is 7.60 Å². The maximum Gasteiger partial charge on any atom is 0.340 e. The van der Waals surface area contributed by atoms with Gasteiger partial charge in [0.25, 0.3) is 0 Å². The lowest BCUT2D eigenvalue weighted by Crippen LogP contribution is -2.47. The minimum atomic E-state index is -3.61. The zero-order chi connectivity index (χ0) is 38.0. The van der Waals surface area contributed by atoms with Crippen LogP contribution in [0.5, 0.6) is 11.5 Å². The molecule has 1 aromatic heterocycles. The monoisotopic (exact) mass is 740 g/mol. The highest BCUT2D eigenvalue weighted by Gasteiger charge is 2.45. The fourth-order valence-electron chi connectivity index (χ4n) is 7.30. The van der Waals surface area contributed by atoms with E-state index in [1.54, 1.807) is 42.1 Å². The summed E-state index contributed by atoms with van der Waals surface area (Å²) in [6, 6.07) is 2.00. The van der Waals surface area contributed by atoms with Crippen molar-refractivity contribution < 1.29 is 56.0 Å². The number of carbonyl (C=O) groups excluding carboxylic acids is 2. The van der Waals surface area contributed by atoms with E-state index in [2.05, 4.69) is 13.8 Å². The molecule has 13 heteroatoms. The van der Waals surface area contributed by atoms with Gasteiger partial charge in [-0.2, -0.15) is 0 Å². The van der Waals surface area contributed by atoms with Gasteiger partial charge in [0.05, 0.1) is 38.6 Å². The Morgan fingerprint density at radius 1 is 0.980 bits per heavy atom. The third kappa shape index (κ3) is 9.82. The van der Waals surface area contributed by atoms with Gasteiger partial charge in [-0.25, -0.2) is 0 Å². The van der Waals surface area contributed by atoms with Gasteiger partial charge in [-0.3, -0.25) is 9.36 Å². The molecule has 0 spiro atoms. The number of aldehydes is 1. The quantitative estimate of drug-likeness (QED) is 0.0651. The van der Waals surface area contributed by atoms with Crippen molar-refractivity contribution in [3.05, 3.63) is 23.0 Å². The average molecular weight is 741 g/mol. The zero-order valence-corrected chi connectivity index (χ0v) is 33.5. The van der Waals surface area contributed by atoms with Gasteiger partial charge in [-0.05, 0) is 53.0 Å². The second kappa shape index (κ2) is 19.7. The number of ketones is 1. The normalized spacial score (nSPS) is 23.5. The SMILES string of the molecule is CCOP(=O)(OCC)C(C)C(=O)[C@@H](C)C[C@H](C)c1cc2c([C@@H]3O[C@H](CC[C@H](C)C=O)[C@H](C)[C@H](OCOC)[C@H]3C)c(OCOC)c(OC)c(C)c2o1. The molecule has 290 valence electrons. The van der Waals surface area contributed by atoms with Crippen LogP contribution in [0.1, 0.15) is 104 Å². The van der Waals surface area contributed by atoms with E-state index in [9.17, 15) is 14.2 Å². The maximum atomic E-state index is 13.6. The number of aryl methyl sites for hydroxylation is 1. The largest absolute Gasteiger partial charge is 0.492 e. The van der Waals surface area contributed by atoms with Crippen LogP contribution in [-0.4, -0.2) is 78.1 Å². The molecule has 2 heterocycles. The molecule has 1 saturated heterocycles. The summed E-state index contributed by atoms with van der Waals surface area (Å²) in [5.74, 6) is 0.574. The van der Waals surface area contributed by atoms with E-state index in [1.807, 2.05) is 33.8 Å². The number of carbonyl (C=O) groups is 2. The van der Waals surface area contributed by atoms with Crippen LogP contribution in [0.25, 0.3) is 11.0 Å². The highest BCUT2D eigenvalue weighted by atomic mass is 31.2. The van der Waals surface area contributed by atoms with Gasteiger partial charge in [0.15, 0.2) is 24.1 Å². The van der Waals surface area contributed by atoms with Crippen LogP contribution < -0.4 is 9.47 Å². The van der Waals surface area contributed by atoms with E-state index < -0.39 is 25.3 Å².